The van der Waals surface area contributed by atoms with Gasteiger partial charge in [-0.25, -0.2) is 0 Å². The first-order valence-corrected chi connectivity index (χ1v) is 9.67. The van der Waals surface area contributed by atoms with E-state index in [1.165, 1.54) is 13.1 Å². The summed E-state index contributed by atoms with van der Waals surface area (Å²) in [6.45, 7) is 7.95. The van der Waals surface area contributed by atoms with E-state index in [2.05, 4.69) is 22.2 Å². The Morgan fingerprint density at radius 1 is 1.35 bits per heavy atom. The first kappa shape index (κ1) is 17.5. The third-order valence-electron chi connectivity index (χ3n) is 5.92. The number of hydrogen-bond acceptors (Lipinski definition) is 4. The van der Waals surface area contributed by atoms with Gasteiger partial charge in [0.1, 0.15) is 5.52 Å². The van der Waals surface area contributed by atoms with Gasteiger partial charge in [0.2, 0.25) is 0 Å². The number of nitrogens with zero attached hydrogens (tertiary/aromatic N) is 3. The number of piperidine rings is 1. The fraction of sp³-hybridized carbons (Fsp3) is 0.600. The Labute approximate surface area is 154 Å². The molecular weight excluding hydrogens is 328 g/mol. The van der Waals surface area contributed by atoms with Crippen molar-refractivity contribution in [1.82, 2.24) is 20.0 Å². The van der Waals surface area contributed by atoms with E-state index >= 15 is 0 Å². The number of nitrogens with one attached hydrogen (secondary N) is 1. The summed E-state index contributed by atoms with van der Waals surface area (Å²) >= 11 is 0. The van der Waals surface area contributed by atoms with Crippen molar-refractivity contribution in [2.45, 2.75) is 19.9 Å². The SMILES string of the molecule is CCn1cc2cccc(C(=O)NCC3C4CN(CCCOC)CC34)c2n1. The van der Waals surface area contributed by atoms with Gasteiger partial charge in [-0.15, -0.1) is 0 Å². The highest BCUT2D eigenvalue weighted by molar-refractivity contribution is 6.05. The Morgan fingerprint density at radius 3 is 2.88 bits per heavy atom. The molecule has 1 N–H and O–H groups in total. The van der Waals surface area contributed by atoms with E-state index in [-0.39, 0.29) is 5.91 Å². The monoisotopic (exact) mass is 356 g/mol. The van der Waals surface area contributed by atoms with Crippen LogP contribution in [0.5, 0.6) is 0 Å². The molecule has 2 aromatic rings. The summed E-state index contributed by atoms with van der Waals surface area (Å²) in [6, 6.07) is 5.81. The molecule has 0 radical (unpaired) electrons. The van der Waals surface area contributed by atoms with Gasteiger partial charge in [-0.05, 0) is 37.2 Å². The molecule has 0 spiro atoms. The maximum absolute atomic E-state index is 12.7. The third-order valence-corrected chi connectivity index (χ3v) is 5.92. The molecule has 4 rings (SSSR count). The predicted molar refractivity (Wildman–Crippen MR) is 101 cm³/mol. The molecular formula is C20H28N4O2. The van der Waals surface area contributed by atoms with Gasteiger partial charge in [0.15, 0.2) is 0 Å². The molecule has 2 atom stereocenters. The molecule has 1 aliphatic heterocycles. The van der Waals surface area contributed by atoms with Crippen LogP contribution in [0, 0.1) is 17.8 Å². The summed E-state index contributed by atoms with van der Waals surface area (Å²) < 4.78 is 7.01. The number of aromatic nitrogens is 2. The number of hydrogen-bond donors (Lipinski definition) is 1. The van der Waals surface area contributed by atoms with Crippen molar-refractivity contribution in [2.75, 3.05) is 39.9 Å². The quantitative estimate of drug-likeness (QED) is 0.735. The Kier molecular flexibility index (Phi) is 4.96. The zero-order valence-electron chi connectivity index (χ0n) is 15.6. The molecule has 2 aliphatic rings. The Morgan fingerprint density at radius 2 is 2.15 bits per heavy atom. The molecule has 26 heavy (non-hydrogen) atoms. The number of likely N-dealkylation sites (tertiary alicyclic amines) is 1. The van der Waals surface area contributed by atoms with Gasteiger partial charge < -0.3 is 15.0 Å². The fourth-order valence-electron chi connectivity index (χ4n) is 4.40. The van der Waals surface area contributed by atoms with Crippen LogP contribution in [-0.4, -0.2) is 60.5 Å². The lowest BCUT2D eigenvalue weighted by atomic mass is 10.1. The van der Waals surface area contributed by atoms with Crippen molar-refractivity contribution >= 4 is 16.8 Å². The van der Waals surface area contributed by atoms with Crippen LogP contribution >= 0.6 is 0 Å². The summed E-state index contributed by atoms with van der Waals surface area (Å²) in [7, 11) is 1.76. The highest BCUT2D eigenvalue weighted by Gasteiger charge is 2.54. The van der Waals surface area contributed by atoms with Gasteiger partial charge >= 0.3 is 0 Å². The van der Waals surface area contributed by atoms with E-state index in [1.54, 1.807) is 7.11 Å². The summed E-state index contributed by atoms with van der Waals surface area (Å²) in [4.78, 5) is 15.2. The topological polar surface area (TPSA) is 59.4 Å². The lowest BCUT2D eigenvalue weighted by molar-refractivity contribution is 0.0950. The fourth-order valence-corrected chi connectivity index (χ4v) is 4.40. The van der Waals surface area contributed by atoms with Crippen molar-refractivity contribution in [1.29, 1.82) is 0 Å². The highest BCUT2D eigenvalue weighted by Crippen LogP contribution is 2.51. The van der Waals surface area contributed by atoms with E-state index in [0.717, 1.165) is 55.4 Å². The molecule has 2 heterocycles. The van der Waals surface area contributed by atoms with Crippen molar-refractivity contribution in [3.05, 3.63) is 30.0 Å². The standard InChI is InChI=1S/C20H28N4O2/c1-3-24-11-14-6-4-7-15(19(14)22-24)20(25)21-10-16-17-12-23(13-18(16)17)8-5-9-26-2/h4,6-7,11,16-18H,3,5,8-10,12-13H2,1-2H3,(H,21,25). The molecule has 2 fully saturated rings. The second kappa shape index (κ2) is 7.37. The minimum Gasteiger partial charge on any atom is -0.385 e. The lowest BCUT2D eigenvalue weighted by Gasteiger charge is -2.19. The van der Waals surface area contributed by atoms with E-state index in [9.17, 15) is 4.79 Å². The second-order valence-corrected chi connectivity index (χ2v) is 7.54. The van der Waals surface area contributed by atoms with Gasteiger partial charge in [-0.1, -0.05) is 12.1 Å². The van der Waals surface area contributed by atoms with Crippen LogP contribution < -0.4 is 5.32 Å². The van der Waals surface area contributed by atoms with Gasteiger partial charge in [0.25, 0.3) is 5.91 Å². The van der Waals surface area contributed by atoms with E-state index in [0.29, 0.717) is 11.5 Å². The average molecular weight is 356 g/mol. The predicted octanol–water partition coefficient (Wildman–Crippen LogP) is 2.00. The van der Waals surface area contributed by atoms with Crippen molar-refractivity contribution < 1.29 is 9.53 Å². The molecule has 1 saturated heterocycles. The van der Waals surface area contributed by atoms with Crippen molar-refractivity contribution in [3.8, 4) is 0 Å². The van der Waals surface area contributed by atoms with E-state index in [1.807, 2.05) is 29.1 Å². The summed E-state index contributed by atoms with van der Waals surface area (Å²) in [5, 5.41) is 8.71. The number of carbonyl (C=O) groups is 1. The zero-order chi connectivity index (χ0) is 18.1. The maximum atomic E-state index is 12.7. The molecule has 140 valence electrons. The molecule has 1 aromatic carbocycles. The molecule has 0 bridgehead atoms. The van der Waals surface area contributed by atoms with E-state index < -0.39 is 0 Å². The molecule has 1 aromatic heterocycles. The summed E-state index contributed by atoms with van der Waals surface area (Å²) in [5.74, 6) is 2.16. The Balaban J connectivity index is 1.29. The van der Waals surface area contributed by atoms with Crippen molar-refractivity contribution in [2.24, 2.45) is 17.8 Å². The molecule has 1 saturated carbocycles. The van der Waals surface area contributed by atoms with Gasteiger partial charge in [-0.3, -0.25) is 9.48 Å². The number of methoxy groups -OCH3 is 1. The average Bonchev–Trinajstić information content (AvgIpc) is 3.02. The number of amides is 1. The second-order valence-electron chi connectivity index (χ2n) is 7.54. The Hall–Kier alpha value is -1.92. The zero-order valence-corrected chi connectivity index (χ0v) is 15.6. The molecule has 2 unspecified atom stereocenters. The number of benzene rings is 1. The lowest BCUT2D eigenvalue weighted by Crippen LogP contribution is -2.31. The number of fused-ring (bicyclic) bond motifs is 2. The molecule has 1 amide bonds. The molecule has 6 heteroatoms. The van der Waals surface area contributed by atoms with Crippen LogP contribution in [0.2, 0.25) is 0 Å². The van der Waals surface area contributed by atoms with Crippen molar-refractivity contribution in [3.63, 3.8) is 0 Å². The summed E-state index contributed by atoms with van der Waals surface area (Å²) in [5.41, 5.74) is 1.48. The highest BCUT2D eigenvalue weighted by atomic mass is 16.5. The smallest absolute Gasteiger partial charge is 0.253 e. The van der Waals surface area contributed by atoms with Crippen LogP contribution in [0.1, 0.15) is 23.7 Å². The normalized spacial score (nSPS) is 24.8. The van der Waals surface area contributed by atoms with Crippen LogP contribution in [0.4, 0.5) is 0 Å². The number of aryl methyl sites for hydroxylation is 1. The summed E-state index contributed by atoms with van der Waals surface area (Å²) in [6.07, 6.45) is 3.10. The first-order chi connectivity index (χ1) is 12.7. The van der Waals surface area contributed by atoms with Gasteiger partial charge in [0, 0.05) is 58.0 Å². The Bertz CT molecular complexity index is 775. The first-order valence-electron chi connectivity index (χ1n) is 9.67. The third kappa shape index (κ3) is 3.35. The minimum absolute atomic E-state index is 0.00104. The van der Waals surface area contributed by atoms with Gasteiger partial charge in [-0.2, -0.15) is 5.10 Å². The number of ether oxygens (including phenoxy) is 1. The van der Waals surface area contributed by atoms with Crippen LogP contribution in [0.15, 0.2) is 24.4 Å². The number of rotatable bonds is 8. The van der Waals surface area contributed by atoms with Crippen LogP contribution in [0.3, 0.4) is 0 Å². The number of carbonyl (C=O) groups excluding carboxylic acids is 1. The molecule has 6 nitrogen and oxygen atoms in total. The van der Waals surface area contributed by atoms with Crippen LogP contribution in [0.25, 0.3) is 10.9 Å². The maximum Gasteiger partial charge on any atom is 0.253 e. The van der Waals surface area contributed by atoms with E-state index in [4.69, 9.17) is 4.74 Å². The minimum atomic E-state index is -0.00104. The van der Waals surface area contributed by atoms with Crippen LogP contribution in [-0.2, 0) is 11.3 Å². The largest absolute Gasteiger partial charge is 0.385 e. The molecule has 1 aliphatic carbocycles. The van der Waals surface area contributed by atoms with Gasteiger partial charge in [0.05, 0.1) is 5.56 Å².